The average Bonchev–Trinajstić information content (AvgIpc) is 2.83. The number of hydrogen-bond donors (Lipinski definition) is 0. The first-order chi connectivity index (χ1) is 14.8. The largest absolute Gasteiger partial charge is 0.289 e. The predicted octanol–water partition coefficient (Wildman–Crippen LogP) is 8.20. The summed E-state index contributed by atoms with van der Waals surface area (Å²) in [7, 11) is 0. The van der Waals surface area contributed by atoms with E-state index in [1.165, 1.54) is 14.7 Å². The fraction of sp³-hybridized carbons (Fsp3) is 0.0741. The van der Waals surface area contributed by atoms with E-state index in [-0.39, 0.29) is 5.78 Å². The molecule has 1 nitrogen and oxygen atoms in total. The summed E-state index contributed by atoms with van der Waals surface area (Å²) in [5.74, 6) is 0.0598. The van der Waals surface area contributed by atoms with Crippen LogP contribution in [0.1, 0.15) is 28.8 Å². The Hall–Kier alpha value is -2.75. The number of benzene rings is 3. The first kappa shape index (κ1) is 21.9. The van der Waals surface area contributed by atoms with Crippen molar-refractivity contribution in [2.45, 2.75) is 27.5 Å². The maximum atomic E-state index is 12.5. The van der Waals surface area contributed by atoms with Crippen LogP contribution in [0.25, 0.3) is 0 Å². The molecule has 0 aliphatic heterocycles. The molecule has 0 amide bonds. The zero-order chi connectivity index (χ0) is 21.2. The highest BCUT2D eigenvalue weighted by molar-refractivity contribution is 8.03. The second-order valence-corrected chi connectivity index (χ2v) is 8.78. The Bertz CT molecular complexity index is 1020. The fourth-order valence-electron chi connectivity index (χ4n) is 2.94. The van der Waals surface area contributed by atoms with Crippen molar-refractivity contribution in [3.63, 3.8) is 0 Å². The number of thioether (sulfide) groups is 1. The second-order valence-electron chi connectivity index (χ2n) is 6.48. The van der Waals surface area contributed by atoms with Gasteiger partial charge in [0.05, 0.1) is 0 Å². The molecule has 1 aliphatic carbocycles. The van der Waals surface area contributed by atoms with Gasteiger partial charge in [0.1, 0.15) is 0 Å². The zero-order valence-electron chi connectivity index (χ0n) is 16.8. The van der Waals surface area contributed by atoms with Gasteiger partial charge in [-0.05, 0) is 61.4 Å². The monoisotopic (exact) mass is 428 g/mol. The molecule has 0 N–H and O–H groups in total. The smallest absolute Gasteiger partial charge is 0.193 e. The lowest BCUT2D eigenvalue weighted by Crippen LogP contribution is -2.00. The number of carbonyl (C=O) groups excluding carboxylic acids is 1. The van der Waals surface area contributed by atoms with Crippen molar-refractivity contribution in [1.29, 1.82) is 0 Å². The Kier molecular flexibility index (Phi) is 8.37. The predicted molar refractivity (Wildman–Crippen MR) is 130 cm³/mol. The van der Waals surface area contributed by atoms with Gasteiger partial charge < -0.3 is 0 Å². The Labute approximate surface area is 187 Å². The van der Waals surface area contributed by atoms with E-state index in [9.17, 15) is 4.79 Å². The minimum atomic E-state index is 0.0598. The molecule has 30 heavy (non-hydrogen) atoms. The van der Waals surface area contributed by atoms with E-state index in [1.807, 2.05) is 66.4 Å². The lowest BCUT2D eigenvalue weighted by Gasteiger charge is -2.08. The quantitative estimate of drug-likeness (QED) is 0.291. The molecule has 0 radical (unpaired) electrons. The van der Waals surface area contributed by atoms with Crippen molar-refractivity contribution in [2.24, 2.45) is 0 Å². The minimum absolute atomic E-state index is 0.0598. The van der Waals surface area contributed by atoms with Crippen LogP contribution in [0.4, 0.5) is 0 Å². The minimum Gasteiger partial charge on any atom is -0.289 e. The molecule has 3 aromatic carbocycles. The molecular formula is C27H24OS2. The van der Waals surface area contributed by atoms with E-state index in [1.54, 1.807) is 11.8 Å². The lowest BCUT2D eigenvalue weighted by molar-refractivity contribution is 0.103. The average molecular weight is 429 g/mol. The summed E-state index contributed by atoms with van der Waals surface area (Å²) >= 11 is 3.52. The highest BCUT2D eigenvalue weighted by Gasteiger charge is 2.08. The molecule has 0 unspecified atom stereocenters. The van der Waals surface area contributed by atoms with Crippen LogP contribution in [0.5, 0.6) is 0 Å². The van der Waals surface area contributed by atoms with Gasteiger partial charge in [-0.25, -0.2) is 0 Å². The Balaban J connectivity index is 0.00000124. The number of carbonyl (C=O) groups is 1. The molecule has 0 atom stereocenters. The summed E-state index contributed by atoms with van der Waals surface area (Å²) in [4.78, 5) is 17.4. The van der Waals surface area contributed by atoms with E-state index in [0.29, 0.717) is 0 Å². The highest BCUT2D eigenvalue weighted by Crippen LogP contribution is 2.33. The first-order valence-corrected chi connectivity index (χ1v) is 11.4. The van der Waals surface area contributed by atoms with Crippen molar-refractivity contribution in [3.8, 4) is 0 Å². The van der Waals surface area contributed by atoms with Crippen LogP contribution in [-0.4, -0.2) is 5.78 Å². The fourth-order valence-corrected chi connectivity index (χ4v) is 4.67. The molecule has 0 spiro atoms. The van der Waals surface area contributed by atoms with Gasteiger partial charge in [0.2, 0.25) is 0 Å². The van der Waals surface area contributed by atoms with Gasteiger partial charge >= 0.3 is 0 Å². The van der Waals surface area contributed by atoms with Crippen molar-refractivity contribution in [1.82, 2.24) is 0 Å². The highest BCUT2D eigenvalue weighted by atomic mass is 32.2. The van der Waals surface area contributed by atoms with Gasteiger partial charge in [-0.1, -0.05) is 72.1 Å². The SMILES string of the molecule is C=C.O=C(c1ccccc1)c1ccc(Sc2ccc(SC3=CCCC=C3)cc2)cc1. The Morgan fingerprint density at radius 2 is 1.20 bits per heavy atom. The summed E-state index contributed by atoms with van der Waals surface area (Å²) in [6.45, 7) is 6.00. The van der Waals surface area contributed by atoms with E-state index in [2.05, 4.69) is 55.7 Å². The molecule has 0 heterocycles. The third-order valence-electron chi connectivity index (χ3n) is 4.41. The first-order valence-electron chi connectivity index (χ1n) is 9.80. The molecular weight excluding hydrogens is 404 g/mol. The normalized spacial score (nSPS) is 12.5. The topological polar surface area (TPSA) is 17.1 Å². The van der Waals surface area contributed by atoms with Crippen LogP contribution in [0.2, 0.25) is 0 Å². The molecule has 4 rings (SSSR count). The van der Waals surface area contributed by atoms with Gasteiger partial charge in [0.15, 0.2) is 5.78 Å². The van der Waals surface area contributed by atoms with E-state index >= 15 is 0 Å². The third-order valence-corrected chi connectivity index (χ3v) is 6.47. The van der Waals surface area contributed by atoms with E-state index in [4.69, 9.17) is 0 Å². The number of rotatable bonds is 6. The van der Waals surface area contributed by atoms with Gasteiger partial charge in [-0.15, -0.1) is 13.2 Å². The molecule has 0 saturated carbocycles. The Morgan fingerprint density at radius 3 is 1.77 bits per heavy atom. The summed E-state index contributed by atoms with van der Waals surface area (Å²) < 4.78 is 0. The number of allylic oxidation sites excluding steroid dienone is 3. The molecule has 0 saturated heterocycles. The molecule has 3 aromatic rings. The standard InChI is InChI=1S/C25H20OS2.C2H4/c26-25(19-7-3-1-4-8-19)20-11-13-22(14-12-20)28-24-17-15-23(16-18-24)27-21-9-5-2-6-10-21;1-2/h1,3-5,7-18H,2,6H2;1-2H2. The van der Waals surface area contributed by atoms with Crippen LogP contribution >= 0.6 is 23.5 Å². The van der Waals surface area contributed by atoms with Crippen molar-refractivity contribution in [2.75, 3.05) is 0 Å². The van der Waals surface area contributed by atoms with Crippen LogP contribution in [0, 0.1) is 0 Å². The molecule has 0 bridgehead atoms. The lowest BCUT2D eigenvalue weighted by atomic mass is 10.0. The van der Waals surface area contributed by atoms with Gasteiger partial charge in [-0.2, -0.15) is 0 Å². The molecule has 1 aliphatic rings. The van der Waals surface area contributed by atoms with Crippen molar-refractivity contribution in [3.05, 3.63) is 126 Å². The maximum Gasteiger partial charge on any atom is 0.193 e. The summed E-state index contributed by atoms with van der Waals surface area (Å²) in [6.07, 6.45) is 9.02. The molecule has 3 heteroatoms. The van der Waals surface area contributed by atoms with Crippen molar-refractivity contribution < 1.29 is 4.79 Å². The van der Waals surface area contributed by atoms with Crippen molar-refractivity contribution >= 4 is 29.3 Å². The van der Waals surface area contributed by atoms with Gasteiger partial charge in [-0.3, -0.25) is 4.79 Å². The zero-order valence-corrected chi connectivity index (χ0v) is 18.4. The van der Waals surface area contributed by atoms with Gasteiger partial charge in [0.25, 0.3) is 0 Å². The number of hydrogen-bond acceptors (Lipinski definition) is 3. The van der Waals surface area contributed by atoms with Crippen LogP contribution in [0.15, 0.2) is 130 Å². The van der Waals surface area contributed by atoms with Gasteiger partial charge in [0, 0.05) is 30.7 Å². The molecule has 0 fully saturated rings. The maximum absolute atomic E-state index is 12.5. The molecule has 0 aromatic heterocycles. The van der Waals surface area contributed by atoms with Crippen LogP contribution < -0.4 is 0 Å². The van der Waals surface area contributed by atoms with E-state index in [0.717, 1.165) is 28.9 Å². The Morgan fingerprint density at radius 1 is 0.667 bits per heavy atom. The second kappa shape index (κ2) is 11.4. The van der Waals surface area contributed by atoms with E-state index < -0.39 is 0 Å². The summed E-state index contributed by atoms with van der Waals surface area (Å²) in [6, 6.07) is 25.9. The summed E-state index contributed by atoms with van der Waals surface area (Å²) in [5.41, 5.74) is 1.44. The third kappa shape index (κ3) is 6.12. The van der Waals surface area contributed by atoms with Crippen LogP contribution in [-0.2, 0) is 0 Å². The summed E-state index contributed by atoms with van der Waals surface area (Å²) in [5, 5.41) is 0. The molecule has 150 valence electrons. The van der Waals surface area contributed by atoms with Crippen LogP contribution in [0.3, 0.4) is 0 Å². The number of ketones is 1.